The molecule has 5 nitrogen and oxygen atoms in total. The Morgan fingerprint density at radius 3 is 2.43 bits per heavy atom. The monoisotopic (exact) mass is 402 g/mol. The zero-order chi connectivity index (χ0) is 19.8. The highest BCUT2D eigenvalue weighted by atomic mass is 35.5. The number of imide groups is 1. The van der Waals surface area contributed by atoms with E-state index in [2.05, 4.69) is 11.8 Å². The first-order valence-corrected chi connectivity index (χ1v) is 9.80. The third-order valence-electron chi connectivity index (χ3n) is 5.64. The highest BCUT2D eigenvalue weighted by molar-refractivity contribution is 6.30. The molecule has 1 atom stereocenters. The van der Waals surface area contributed by atoms with Crippen molar-refractivity contribution in [1.29, 1.82) is 0 Å². The molecule has 2 saturated heterocycles. The highest BCUT2D eigenvalue weighted by Crippen LogP contribution is 2.25. The maximum Gasteiger partial charge on any atom is 0.292 e. The summed E-state index contributed by atoms with van der Waals surface area (Å²) in [6, 6.07) is 11.0. The van der Waals surface area contributed by atoms with Crippen LogP contribution in [0.15, 0.2) is 42.5 Å². The molecule has 2 aliphatic heterocycles. The number of halogens is 2. The molecule has 2 aromatic carbocycles. The molecule has 0 spiro atoms. The topological polar surface area (TPSA) is 45.1 Å². The van der Waals surface area contributed by atoms with Crippen molar-refractivity contribution in [3.63, 3.8) is 0 Å². The number of aryl methyl sites for hydroxylation is 1. The Hall–Kier alpha value is -2.44. The van der Waals surface area contributed by atoms with E-state index in [1.807, 2.05) is 18.2 Å². The number of amides is 2. The normalized spacial score (nSPS) is 20.9. The number of hydrogen-bond donors (Lipinski definition) is 1. The second-order valence-corrected chi connectivity index (χ2v) is 7.81. The quantitative estimate of drug-likeness (QED) is 0.797. The number of quaternary nitrogens is 1. The number of hydrogen-bond acceptors (Lipinski definition) is 3. The Bertz CT molecular complexity index is 910. The van der Waals surface area contributed by atoms with Crippen LogP contribution >= 0.6 is 11.6 Å². The Balaban J connectivity index is 1.45. The summed E-state index contributed by atoms with van der Waals surface area (Å²) in [6.07, 6.45) is 0.196. The zero-order valence-electron chi connectivity index (χ0n) is 15.6. The molecule has 2 aliphatic rings. The van der Waals surface area contributed by atoms with E-state index in [0.717, 1.165) is 36.8 Å². The van der Waals surface area contributed by atoms with Crippen LogP contribution in [0.25, 0.3) is 0 Å². The van der Waals surface area contributed by atoms with Crippen molar-refractivity contribution >= 4 is 34.8 Å². The molecule has 2 amide bonds. The summed E-state index contributed by atoms with van der Waals surface area (Å²) >= 11 is 6.14. The predicted molar refractivity (Wildman–Crippen MR) is 106 cm³/mol. The van der Waals surface area contributed by atoms with Gasteiger partial charge in [-0.3, -0.25) is 9.59 Å². The number of carbonyl (C=O) groups excluding carboxylic acids is 2. The second-order valence-electron chi connectivity index (χ2n) is 7.38. The van der Waals surface area contributed by atoms with Gasteiger partial charge in [-0.25, -0.2) is 9.29 Å². The van der Waals surface area contributed by atoms with Crippen molar-refractivity contribution in [2.75, 3.05) is 36.0 Å². The van der Waals surface area contributed by atoms with Crippen molar-refractivity contribution in [2.24, 2.45) is 0 Å². The molecule has 2 heterocycles. The Morgan fingerprint density at radius 1 is 1.07 bits per heavy atom. The maximum absolute atomic E-state index is 13.2. The van der Waals surface area contributed by atoms with E-state index >= 15 is 0 Å². The first-order chi connectivity index (χ1) is 13.4. The van der Waals surface area contributed by atoms with Gasteiger partial charge < -0.3 is 9.80 Å². The molecule has 0 aromatic heterocycles. The average Bonchev–Trinajstić information content (AvgIpc) is 2.99. The number of piperazine rings is 1. The molecule has 28 heavy (non-hydrogen) atoms. The third kappa shape index (κ3) is 3.50. The Labute approximate surface area is 168 Å². The van der Waals surface area contributed by atoms with E-state index in [1.54, 1.807) is 0 Å². The van der Waals surface area contributed by atoms with Crippen molar-refractivity contribution < 1.29 is 18.9 Å². The van der Waals surface area contributed by atoms with Crippen molar-refractivity contribution in [3.05, 3.63) is 58.9 Å². The van der Waals surface area contributed by atoms with Gasteiger partial charge in [-0.15, -0.1) is 0 Å². The third-order valence-corrected chi connectivity index (χ3v) is 5.88. The lowest BCUT2D eigenvalue weighted by Crippen LogP contribution is -3.19. The fourth-order valence-corrected chi connectivity index (χ4v) is 4.29. The van der Waals surface area contributed by atoms with Crippen LogP contribution in [0.1, 0.15) is 12.0 Å². The van der Waals surface area contributed by atoms with Crippen LogP contribution in [-0.2, 0) is 9.59 Å². The fraction of sp³-hybridized carbons (Fsp3) is 0.333. The van der Waals surface area contributed by atoms with Gasteiger partial charge >= 0.3 is 0 Å². The number of rotatable bonds is 3. The first-order valence-electron chi connectivity index (χ1n) is 9.42. The summed E-state index contributed by atoms with van der Waals surface area (Å²) in [5.74, 6) is -0.807. The van der Waals surface area contributed by atoms with Gasteiger partial charge in [-0.2, -0.15) is 0 Å². The average molecular weight is 403 g/mol. The Kier molecular flexibility index (Phi) is 5.08. The number of anilines is 2. The molecule has 4 rings (SSSR count). The van der Waals surface area contributed by atoms with Gasteiger partial charge in [0.05, 0.1) is 38.3 Å². The van der Waals surface area contributed by atoms with E-state index in [-0.39, 0.29) is 24.3 Å². The van der Waals surface area contributed by atoms with Crippen LogP contribution in [0.3, 0.4) is 0 Å². The SMILES string of the molecule is Cc1ccc(Cl)cc1N1CC[NH+]([C@H]2CC(=O)N(c3ccc(F)cc3)C2=O)CC1. The van der Waals surface area contributed by atoms with Gasteiger partial charge in [0.15, 0.2) is 6.04 Å². The van der Waals surface area contributed by atoms with Gasteiger partial charge in [0.2, 0.25) is 5.91 Å². The molecular formula is C21H22ClFN3O2+. The fourth-order valence-electron chi connectivity index (χ4n) is 4.12. The van der Waals surface area contributed by atoms with E-state index in [9.17, 15) is 14.0 Å². The molecule has 146 valence electrons. The standard InChI is InChI=1S/C21H21ClFN3O2/c1-14-2-3-15(22)12-18(14)24-8-10-25(11-9-24)19-13-20(27)26(21(19)28)17-6-4-16(23)5-7-17/h2-7,12,19H,8-11,13H2,1H3/p+1/t19-/m0/s1. The molecular weight excluding hydrogens is 381 g/mol. The minimum absolute atomic E-state index is 0.195. The summed E-state index contributed by atoms with van der Waals surface area (Å²) < 4.78 is 13.2. The summed E-state index contributed by atoms with van der Waals surface area (Å²) in [7, 11) is 0. The second kappa shape index (κ2) is 7.53. The van der Waals surface area contributed by atoms with Crippen molar-refractivity contribution in [2.45, 2.75) is 19.4 Å². The van der Waals surface area contributed by atoms with E-state index in [4.69, 9.17) is 11.6 Å². The van der Waals surface area contributed by atoms with E-state index in [0.29, 0.717) is 10.7 Å². The molecule has 2 aromatic rings. The van der Waals surface area contributed by atoms with Gasteiger partial charge in [0.1, 0.15) is 5.82 Å². The van der Waals surface area contributed by atoms with Crippen LogP contribution in [0, 0.1) is 12.7 Å². The molecule has 0 aliphatic carbocycles. The molecule has 0 bridgehead atoms. The van der Waals surface area contributed by atoms with Gasteiger partial charge in [0.25, 0.3) is 5.91 Å². The molecule has 0 radical (unpaired) electrons. The summed E-state index contributed by atoms with van der Waals surface area (Å²) in [5.41, 5.74) is 2.72. The van der Waals surface area contributed by atoms with Crippen molar-refractivity contribution in [1.82, 2.24) is 0 Å². The van der Waals surface area contributed by atoms with Gasteiger partial charge in [-0.1, -0.05) is 17.7 Å². The summed E-state index contributed by atoms with van der Waals surface area (Å²) in [6.45, 7) is 5.19. The van der Waals surface area contributed by atoms with Crippen LogP contribution in [-0.4, -0.2) is 44.0 Å². The zero-order valence-corrected chi connectivity index (χ0v) is 16.4. The molecule has 0 unspecified atom stereocenters. The Morgan fingerprint density at radius 2 is 1.75 bits per heavy atom. The highest BCUT2D eigenvalue weighted by Gasteiger charge is 2.46. The van der Waals surface area contributed by atoms with Crippen molar-refractivity contribution in [3.8, 4) is 0 Å². The van der Waals surface area contributed by atoms with Crippen LogP contribution in [0.5, 0.6) is 0 Å². The first kappa shape index (κ1) is 18.9. The maximum atomic E-state index is 13.2. The number of nitrogens with one attached hydrogen (secondary N) is 1. The summed E-state index contributed by atoms with van der Waals surface area (Å²) in [5, 5.41) is 0.710. The van der Waals surface area contributed by atoms with Gasteiger partial charge in [-0.05, 0) is 48.9 Å². The molecule has 2 fully saturated rings. The van der Waals surface area contributed by atoms with Gasteiger partial charge in [0, 0.05) is 10.7 Å². The predicted octanol–water partition coefficient (Wildman–Crippen LogP) is 1.82. The van der Waals surface area contributed by atoms with E-state index in [1.165, 1.54) is 34.7 Å². The lowest BCUT2D eigenvalue weighted by atomic mass is 10.1. The van der Waals surface area contributed by atoms with E-state index < -0.39 is 5.82 Å². The number of nitrogens with zero attached hydrogens (tertiary/aromatic N) is 2. The lowest BCUT2D eigenvalue weighted by molar-refractivity contribution is -0.915. The number of benzene rings is 2. The van der Waals surface area contributed by atoms with Crippen LogP contribution in [0.4, 0.5) is 15.8 Å². The molecule has 0 saturated carbocycles. The van der Waals surface area contributed by atoms with Crippen LogP contribution < -0.4 is 14.7 Å². The number of carbonyl (C=O) groups is 2. The molecule has 7 heteroatoms. The summed E-state index contributed by atoms with van der Waals surface area (Å²) in [4.78, 5) is 30.0. The molecule has 1 N–H and O–H groups in total. The minimum atomic E-state index is -0.391. The minimum Gasteiger partial charge on any atom is -0.360 e. The largest absolute Gasteiger partial charge is 0.360 e. The van der Waals surface area contributed by atoms with Crippen LogP contribution in [0.2, 0.25) is 5.02 Å². The smallest absolute Gasteiger partial charge is 0.292 e. The lowest BCUT2D eigenvalue weighted by Gasteiger charge is -2.36.